The molecule has 1 atom stereocenters. The lowest BCUT2D eigenvalue weighted by Crippen LogP contribution is -2.34. The van der Waals surface area contributed by atoms with Gasteiger partial charge in [-0.3, -0.25) is 10.1 Å². The van der Waals surface area contributed by atoms with Crippen LogP contribution >= 0.6 is 0 Å². The molecule has 7 nitrogen and oxygen atoms in total. The quantitative estimate of drug-likeness (QED) is 0.499. The maximum atomic E-state index is 11.7. The van der Waals surface area contributed by atoms with E-state index in [0.717, 1.165) is 31.5 Å². The summed E-state index contributed by atoms with van der Waals surface area (Å²) in [6, 6.07) is 14.6. The standard InChI is InChI=1S/C20H20N4O3/c1-14-6-5-11-23(13-14)17-10-9-16(12-18(17)24(25)26)20-21-19(22-27-20)15-7-3-2-4-8-15/h2-4,7-10,12,14H,5-6,11,13H2,1H3/t14-/m0/s1. The first-order chi connectivity index (χ1) is 13.1. The molecule has 1 fully saturated rings. The van der Waals surface area contributed by atoms with Gasteiger partial charge in [-0.15, -0.1) is 0 Å². The first-order valence-corrected chi connectivity index (χ1v) is 9.04. The van der Waals surface area contributed by atoms with Gasteiger partial charge in [0.15, 0.2) is 0 Å². The summed E-state index contributed by atoms with van der Waals surface area (Å²) >= 11 is 0. The molecule has 27 heavy (non-hydrogen) atoms. The molecule has 0 unspecified atom stereocenters. The third kappa shape index (κ3) is 3.53. The lowest BCUT2D eigenvalue weighted by Gasteiger charge is -2.32. The van der Waals surface area contributed by atoms with Crippen molar-refractivity contribution in [2.75, 3.05) is 18.0 Å². The van der Waals surface area contributed by atoms with E-state index in [1.807, 2.05) is 36.4 Å². The highest BCUT2D eigenvalue weighted by atomic mass is 16.6. The van der Waals surface area contributed by atoms with Crippen molar-refractivity contribution >= 4 is 11.4 Å². The Bertz CT molecular complexity index is 955. The second-order valence-corrected chi connectivity index (χ2v) is 6.94. The van der Waals surface area contributed by atoms with Crippen LogP contribution in [0.3, 0.4) is 0 Å². The van der Waals surface area contributed by atoms with Crippen LogP contribution < -0.4 is 4.90 Å². The molecular weight excluding hydrogens is 344 g/mol. The van der Waals surface area contributed by atoms with Crippen LogP contribution in [0.1, 0.15) is 19.8 Å². The molecule has 1 aromatic heterocycles. The molecule has 1 saturated heterocycles. The summed E-state index contributed by atoms with van der Waals surface area (Å²) < 4.78 is 5.34. The van der Waals surface area contributed by atoms with Crippen molar-refractivity contribution in [2.24, 2.45) is 5.92 Å². The molecule has 2 heterocycles. The highest BCUT2D eigenvalue weighted by Gasteiger charge is 2.25. The molecule has 0 saturated carbocycles. The second-order valence-electron chi connectivity index (χ2n) is 6.94. The first-order valence-electron chi connectivity index (χ1n) is 9.04. The van der Waals surface area contributed by atoms with Gasteiger partial charge in [-0.2, -0.15) is 4.98 Å². The van der Waals surface area contributed by atoms with Crippen molar-refractivity contribution in [3.05, 3.63) is 58.6 Å². The molecule has 138 valence electrons. The molecule has 0 bridgehead atoms. The monoisotopic (exact) mass is 364 g/mol. The fourth-order valence-electron chi connectivity index (χ4n) is 3.52. The minimum Gasteiger partial charge on any atom is -0.366 e. The topological polar surface area (TPSA) is 85.3 Å². The van der Waals surface area contributed by atoms with E-state index in [9.17, 15) is 10.1 Å². The van der Waals surface area contributed by atoms with Crippen molar-refractivity contribution in [2.45, 2.75) is 19.8 Å². The molecule has 0 spiro atoms. The fraction of sp³-hybridized carbons (Fsp3) is 0.300. The number of rotatable bonds is 4. The van der Waals surface area contributed by atoms with Crippen molar-refractivity contribution in [3.63, 3.8) is 0 Å². The van der Waals surface area contributed by atoms with Gasteiger partial charge in [0.25, 0.3) is 11.6 Å². The average Bonchev–Trinajstić information content (AvgIpc) is 3.18. The van der Waals surface area contributed by atoms with Gasteiger partial charge in [-0.1, -0.05) is 42.4 Å². The number of nitro benzene ring substituents is 1. The van der Waals surface area contributed by atoms with Gasteiger partial charge in [0, 0.05) is 30.3 Å². The van der Waals surface area contributed by atoms with Crippen molar-refractivity contribution in [3.8, 4) is 22.8 Å². The van der Waals surface area contributed by atoms with Crippen LogP contribution in [0, 0.1) is 16.0 Å². The van der Waals surface area contributed by atoms with Crippen molar-refractivity contribution < 1.29 is 9.45 Å². The molecule has 1 aliphatic heterocycles. The smallest absolute Gasteiger partial charge is 0.293 e. The number of nitro groups is 1. The number of anilines is 1. The molecule has 1 aliphatic rings. The Morgan fingerprint density at radius 1 is 1.19 bits per heavy atom. The zero-order valence-electron chi connectivity index (χ0n) is 15.0. The Morgan fingerprint density at radius 2 is 2.00 bits per heavy atom. The molecule has 0 N–H and O–H groups in total. The summed E-state index contributed by atoms with van der Waals surface area (Å²) in [6.45, 7) is 3.85. The average molecular weight is 364 g/mol. The predicted molar refractivity (Wildman–Crippen MR) is 102 cm³/mol. The van der Waals surface area contributed by atoms with Crippen LogP contribution in [0.15, 0.2) is 53.1 Å². The number of hydrogen-bond acceptors (Lipinski definition) is 6. The van der Waals surface area contributed by atoms with Crippen LogP contribution in [0.25, 0.3) is 22.8 Å². The second kappa shape index (κ2) is 7.19. The minimum absolute atomic E-state index is 0.0704. The summed E-state index contributed by atoms with van der Waals surface area (Å²) in [5.74, 6) is 1.26. The molecule has 7 heteroatoms. The zero-order valence-corrected chi connectivity index (χ0v) is 15.0. The highest BCUT2D eigenvalue weighted by molar-refractivity contribution is 5.71. The Balaban J connectivity index is 1.67. The Kier molecular flexibility index (Phi) is 4.58. The summed E-state index contributed by atoms with van der Waals surface area (Å²) in [5, 5.41) is 15.7. The SMILES string of the molecule is C[C@H]1CCCN(c2ccc(-c3nc(-c4ccccc4)no3)cc2[N+](=O)[O-])C1. The maximum Gasteiger partial charge on any atom is 0.293 e. The number of aromatic nitrogens is 2. The third-order valence-electron chi connectivity index (χ3n) is 4.87. The van der Waals surface area contributed by atoms with Gasteiger partial charge < -0.3 is 9.42 Å². The molecule has 0 radical (unpaired) electrons. The lowest BCUT2D eigenvalue weighted by atomic mass is 9.99. The van der Waals surface area contributed by atoms with Crippen LogP contribution in [0.5, 0.6) is 0 Å². The number of benzene rings is 2. The highest BCUT2D eigenvalue weighted by Crippen LogP contribution is 2.35. The Labute approximate surface area is 156 Å². The molecule has 0 amide bonds. The Hall–Kier alpha value is -3.22. The van der Waals surface area contributed by atoms with E-state index in [-0.39, 0.29) is 16.5 Å². The van der Waals surface area contributed by atoms with Crippen LogP contribution in [0.2, 0.25) is 0 Å². The van der Waals surface area contributed by atoms with Gasteiger partial charge in [0.2, 0.25) is 5.82 Å². The normalized spacial score (nSPS) is 17.1. The minimum atomic E-state index is -0.341. The van der Waals surface area contributed by atoms with Crippen LogP contribution in [-0.4, -0.2) is 28.2 Å². The molecular formula is C20H20N4O3. The van der Waals surface area contributed by atoms with Gasteiger partial charge in [-0.05, 0) is 30.9 Å². The van der Waals surface area contributed by atoms with E-state index < -0.39 is 0 Å². The van der Waals surface area contributed by atoms with E-state index >= 15 is 0 Å². The summed E-state index contributed by atoms with van der Waals surface area (Å²) in [5.41, 5.74) is 2.10. The summed E-state index contributed by atoms with van der Waals surface area (Å²) in [6.07, 6.45) is 2.21. The van der Waals surface area contributed by atoms with E-state index in [1.54, 1.807) is 6.07 Å². The van der Waals surface area contributed by atoms with Crippen molar-refractivity contribution in [1.82, 2.24) is 10.1 Å². The largest absolute Gasteiger partial charge is 0.366 e. The van der Waals surface area contributed by atoms with Gasteiger partial charge >= 0.3 is 0 Å². The van der Waals surface area contributed by atoms with E-state index in [4.69, 9.17) is 4.52 Å². The van der Waals surface area contributed by atoms with Gasteiger partial charge in [0.05, 0.1) is 4.92 Å². The number of nitrogens with zero attached hydrogens (tertiary/aromatic N) is 4. The van der Waals surface area contributed by atoms with Crippen molar-refractivity contribution in [1.29, 1.82) is 0 Å². The molecule has 0 aliphatic carbocycles. The number of piperidine rings is 1. The number of hydrogen-bond donors (Lipinski definition) is 0. The van der Waals surface area contributed by atoms with E-state index in [2.05, 4.69) is 22.0 Å². The molecule has 3 aromatic rings. The molecule has 4 rings (SSSR count). The first kappa shape index (κ1) is 17.2. The Morgan fingerprint density at radius 3 is 2.74 bits per heavy atom. The van der Waals surface area contributed by atoms with Crippen LogP contribution in [-0.2, 0) is 0 Å². The predicted octanol–water partition coefficient (Wildman–Crippen LogP) is 4.55. The fourth-order valence-corrected chi connectivity index (χ4v) is 3.52. The van der Waals surface area contributed by atoms with E-state index in [0.29, 0.717) is 23.0 Å². The maximum absolute atomic E-state index is 11.7. The summed E-state index contributed by atoms with van der Waals surface area (Å²) in [4.78, 5) is 17.8. The van der Waals surface area contributed by atoms with E-state index in [1.165, 1.54) is 6.07 Å². The van der Waals surface area contributed by atoms with Crippen LogP contribution in [0.4, 0.5) is 11.4 Å². The molecule has 2 aromatic carbocycles. The zero-order chi connectivity index (χ0) is 18.8. The summed E-state index contributed by atoms with van der Waals surface area (Å²) in [7, 11) is 0. The van der Waals surface area contributed by atoms with Gasteiger partial charge in [-0.25, -0.2) is 0 Å². The third-order valence-corrected chi connectivity index (χ3v) is 4.87. The lowest BCUT2D eigenvalue weighted by molar-refractivity contribution is -0.384. The van der Waals surface area contributed by atoms with Gasteiger partial charge in [0.1, 0.15) is 5.69 Å².